The molecule has 0 aliphatic carbocycles. The van der Waals surface area contributed by atoms with Crippen LogP contribution in [0.2, 0.25) is 0 Å². The summed E-state index contributed by atoms with van der Waals surface area (Å²) in [6.45, 7) is 2.31. The Morgan fingerprint density at radius 3 is 2.57 bits per heavy atom. The van der Waals surface area contributed by atoms with Crippen LogP contribution in [0.3, 0.4) is 0 Å². The standard InChI is InChI=1S/C25H27F3N4O5/c1-2-11-37-22(34)14-20-24(36)29-9-10-32(20)21(33)15-30-18-7-3-5-16(12-18)23(35)31-19-8-4-6-17(13-19)25(26,27)28/h3-8,12-13,20,30H,2,9-11,14-15H2,1H3,(H,29,36)(H,31,35). The quantitative estimate of drug-likeness (QED) is 0.438. The number of carbonyl (C=O) groups is 4. The van der Waals surface area contributed by atoms with E-state index in [2.05, 4.69) is 16.0 Å². The summed E-state index contributed by atoms with van der Waals surface area (Å²) in [4.78, 5) is 51.1. The molecule has 2 aromatic carbocycles. The third kappa shape index (κ3) is 7.69. The van der Waals surface area contributed by atoms with E-state index >= 15 is 0 Å². The van der Waals surface area contributed by atoms with Crippen molar-refractivity contribution in [2.45, 2.75) is 32.0 Å². The highest BCUT2D eigenvalue weighted by molar-refractivity contribution is 6.05. The molecule has 9 nitrogen and oxygen atoms in total. The average molecular weight is 521 g/mol. The molecular weight excluding hydrogens is 493 g/mol. The summed E-state index contributed by atoms with van der Waals surface area (Å²) in [7, 11) is 0. The Balaban J connectivity index is 1.62. The van der Waals surface area contributed by atoms with Crippen LogP contribution < -0.4 is 16.0 Å². The maximum Gasteiger partial charge on any atom is 0.416 e. The van der Waals surface area contributed by atoms with Crippen LogP contribution in [0.25, 0.3) is 0 Å². The minimum absolute atomic E-state index is 0.0137. The predicted octanol–water partition coefficient (Wildman–Crippen LogP) is 3.04. The number of piperazine rings is 1. The predicted molar refractivity (Wildman–Crippen MR) is 129 cm³/mol. The molecule has 0 bridgehead atoms. The molecule has 1 heterocycles. The fourth-order valence-corrected chi connectivity index (χ4v) is 3.67. The lowest BCUT2D eigenvalue weighted by Crippen LogP contribution is -2.58. The average Bonchev–Trinajstić information content (AvgIpc) is 2.87. The highest BCUT2D eigenvalue weighted by atomic mass is 19.4. The maximum atomic E-state index is 12.9. The summed E-state index contributed by atoms with van der Waals surface area (Å²) >= 11 is 0. The summed E-state index contributed by atoms with van der Waals surface area (Å²) in [6, 6.07) is 9.37. The molecule has 0 aromatic heterocycles. The topological polar surface area (TPSA) is 117 Å². The second-order valence-electron chi connectivity index (χ2n) is 8.29. The third-order valence-electron chi connectivity index (χ3n) is 5.49. The van der Waals surface area contributed by atoms with Crippen molar-refractivity contribution in [3.05, 3.63) is 59.7 Å². The Labute approximate surface area is 211 Å². The monoisotopic (exact) mass is 520 g/mol. The Morgan fingerprint density at radius 1 is 1.11 bits per heavy atom. The van der Waals surface area contributed by atoms with Crippen molar-refractivity contribution in [3.63, 3.8) is 0 Å². The summed E-state index contributed by atoms with van der Waals surface area (Å²) < 4.78 is 43.8. The van der Waals surface area contributed by atoms with E-state index in [1.54, 1.807) is 12.1 Å². The van der Waals surface area contributed by atoms with Crippen molar-refractivity contribution < 1.29 is 37.1 Å². The van der Waals surface area contributed by atoms with E-state index in [9.17, 15) is 32.3 Å². The second kappa shape index (κ2) is 12.2. The SMILES string of the molecule is CCCOC(=O)CC1C(=O)NCCN1C(=O)CNc1cccc(C(=O)Nc2cccc(C(F)(F)F)c2)c1. The summed E-state index contributed by atoms with van der Waals surface area (Å²) in [6.07, 6.45) is -4.17. The van der Waals surface area contributed by atoms with E-state index < -0.39 is 41.5 Å². The van der Waals surface area contributed by atoms with Gasteiger partial charge >= 0.3 is 12.1 Å². The first kappa shape index (κ1) is 27.5. The number of nitrogens with one attached hydrogen (secondary N) is 3. The lowest BCUT2D eigenvalue weighted by Gasteiger charge is -2.34. The van der Waals surface area contributed by atoms with Gasteiger partial charge in [0.1, 0.15) is 6.04 Å². The van der Waals surface area contributed by atoms with Gasteiger partial charge in [-0.3, -0.25) is 19.2 Å². The molecule has 1 fully saturated rings. The van der Waals surface area contributed by atoms with Gasteiger partial charge in [-0.25, -0.2) is 0 Å². The summed E-state index contributed by atoms with van der Waals surface area (Å²) in [5, 5.41) is 7.95. The molecule has 3 amide bonds. The molecule has 1 aliphatic rings. The van der Waals surface area contributed by atoms with E-state index in [0.29, 0.717) is 12.1 Å². The lowest BCUT2D eigenvalue weighted by atomic mass is 10.1. The Hall–Kier alpha value is -4.09. The van der Waals surface area contributed by atoms with Gasteiger partial charge in [0.05, 0.1) is 25.1 Å². The van der Waals surface area contributed by atoms with Crippen molar-refractivity contribution in [2.24, 2.45) is 0 Å². The number of hydrogen-bond acceptors (Lipinski definition) is 6. The van der Waals surface area contributed by atoms with E-state index in [1.807, 2.05) is 6.92 Å². The minimum Gasteiger partial charge on any atom is -0.466 e. The zero-order valence-corrected chi connectivity index (χ0v) is 20.1. The van der Waals surface area contributed by atoms with Crippen LogP contribution in [-0.4, -0.2) is 60.9 Å². The number of carbonyl (C=O) groups excluding carboxylic acids is 4. The Kier molecular flexibility index (Phi) is 9.10. The van der Waals surface area contributed by atoms with Gasteiger partial charge in [0.15, 0.2) is 0 Å². The van der Waals surface area contributed by atoms with Gasteiger partial charge in [-0.15, -0.1) is 0 Å². The van der Waals surface area contributed by atoms with E-state index in [1.165, 1.54) is 29.2 Å². The molecule has 3 N–H and O–H groups in total. The molecule has 1 saturated heterocycles. The first-order valence-electron chi connectivity index (χ1n) is 11.6. The number of hydrogen-bond donors (Lipinski definition) is 3. The van der Waals surface area contributed by atoms with Gasteiger partial charge in [-0.05, 0) is 42.8 Å². The van der Waals surface area contributed by atoms with Crippen LogP contribution >= 0.6 is 0 Å². The lowest BCUT2D eigenvalue weighted by molar-refractivity contribution is -0.151. The molecule has 3 rings (SSSR count). The maximum absolute atomic E-state index is 12.9. The van der Waals surface area contributed by atoms with Crippen molar-refractivity contribution in [1.82, 2.24) is 10.2 Å². The molecule has 198 valence electrons. The molecule has 0 spiro atoms. The van der Waals surface area contributed by atoms with Crippen molar-refractivity contribution in [2.75, 3.05) is 36.9 Å². The summed E-state index contributed by atoms with van der Waals surface area (Å²) in [5.74, 6) is -2.08. The zero-order chi connectivity index (χ0) is 27.0. The van der Waals surface area contributed by atoms with Gasteiger partial charge < -0.3 is 25.6 Å². The number of ether oxygens (including phenoxy) is 1. The van der Waals surface area contributed by atoms with Crippen molar-refractivity contribution >= 4 is 35.1 Å². The number of benzene rings is 2. The van der Waals surface area contributed by atoms with Crippen LogP contribution in [0.1, 0.15) is 35.7 Å². The molecule has 1 aliphatic heterocycles. The molecule has 1 unspecified atom stereocenters. The van der Waals surface area contributed by atoms with Gasteiger partial charge in [0.25, 0.3) is 5.91 Å². The molecule has 0 radical (unpaired) electrons. The van der Waals surface area contributed by atoms with E-state index in [0.717, 1.165) is 12.1 Å². The fourth-order valence-electron chi connectivity index (χ4n) is 3.67. The highest BCUT2D eigenvalue weighted by Crippen LogP contribution is 2.30. The van der Waals surface area contributed by atoms with Crippen molar-refractivity contribution in [3.8, 4) is 0 Å². The van der Waals surface area contributed by atoms with Crippen LogP contribution in [0, 0.1) is 0 Å². The molecule has 0 saturated carbocycles. The smallest absolute Gasteiger partial charge is 0.416 e. The van der Waals surface area contributed by atoms with Crippen LogP contribution in [-0.2, 0) is 25.3 Å². The molecule has 37 heavy (non-hydrogen) atoms. The number of halogens is 3. The van der Waals surface area contributed by atoms with Crippen molar-refractivity contribution in [1.29, 1.82) is 0 Å². The normalized spacial score (nSPS) is 15.5. The minimum atomic E-state index is -4.54. The van der Waals surface area contributed by atoms with Gasteiger partial charge in [0.2, 0.25) is 11.8 Å². The molecule has 1 atom stereocenters. The fraction of sp³-hybridized carbons (Fsp3) is 0.360. The number of esters is 1. The van der Waals surface area contributed by atoms with Crippen LogP contribution in [0.4, 0.5) is 24.5 Å². The van der Waals surface area contributed by atoms with Gasteiger partial charge in [-0.2, -0.15) is 13.2 Å². The largest absolute Gasteiger partial charge is 0.466 e. The molecule has 12 heteroatoms. The Bertz CT molecular complexity index is 1160. The van der Waals surface area contributed by atoms with Crippen LogP contribution in [0.15, 0.2) is 48.5 Å². The van der Waals surface area contributed by atoms with Crippen LogP contribution in [0.5, 0.6) is 0 Å². The number of rotatable bonds is 9. The number of nitrogens with zero attached hydrogens (tertiary/aromatic N) is 1. The number of alkyl halides is 3. The number of amides is 3. The Morgan fingerprint density at radius 2 is 1.84 bits per heavy atom. The molecular formula is C25H27F3N4O5. The second-order valence-corrected chi connectivity index (χ2v) is 8.29. The van der Waals surface area contributed by atoms with E-state index in [4.69, 9.17) is 4.74 Å². The highest BCUT2D eigenvalue weighted by Gasteiger charge is 2.35. The number of anilines is 2. The first-order chi connectivity index (χ1) is 17.6. The van der Waals surface area contributed by atoms with E-state index in [-0.39, 0.29) is 43.9 Å². The first-order valence-corrected chi connectivity index (χ1v) is 11.6. The molecule has 2 aromatic rings. The van der Waals surface area contributed by atoms with Gasteiger partial charge in [0, 0.05) is 30.0 Å². The van der Waals surface area contributed by atoms with Gasteiger partial charge in [-0.1, -0.05) is 19.1 Å². The summed E-state index contributed by atoms with van der Waals surface area (Å²) in [5.41, 5.74) is -0.336. The zero-order valence-electron chi connectivity index (χ0n) is 20.1. The third-order valence-corrected chi connectivity index (χ3v) is 5.49.